The third-order valence-corrected chi connectivity index (χ3v) is 6.46. The molecule has 5 aromatic rings. The van der Waals surface area contributed by atoms with E-state index in [2.05, 4.69) is 4.98 Å². The lowest BCUT2D eigenvalue weighted by molar-refractivity contribution is -0.671. The highest BCUT2D eigenvalue weighted by molar-refractivity contribution is 6.53. The molecule has 178 valence electrons. The Hall–Kier alpha value is -5.24. The van der Waals surface area contributed by atoms with Crippen molar-refractivity contribution in [2.75, 3.05) is 0 Å². The zero-order valence-electron chi connectivity index (χ0n) is 19.7. The number of hydrogen-bond acceptors (Lipinski definition) is 5. The molecule has 0 aliphatic carbocycles. The van der Waals surface area contributed by atoms with Gasteiger partial charge < -0.3 is 5.11 Å². The molecule has 1 N–H and O–H groups in total. The highest BCUT2D eigenvalue weighted by Crippen LogP contribution is 2.38. The maximum atomic E-state index is 13.9. The molecular weight excluding hydrogens is 468 g/mol. The third kappa shape index (κ3) is 3.38. The quantitative estimate of drug-likeness (QED) is 0.393. The fraction of sp³-hybridized carbons (Fsp3) is 0.0345. The van der Waals surface area contributed by atoms with Gasteiger partial charge in [-0.2, -0.15) is 0 Å². The number of rotatable bonds is 3. The lowest BCUT2D eigenvalue weighted by Crippen LogP contribution is -2.30. The minimum Gasteiger partial charge on any atom is -0.505 e. The number of Topliss-reactive ketones (excluding diaryl/α,β-unsaturated/α-hetero) is 1. The molecular formula is C29H20N4O4+2. The van der Waals surface area contributed by atoms with E-state index in [0.717, 1.165) is 0 Å². The van der Waals surface area contributed by atoms with Crippen molar-refractivity contribution >= 4 is 39.9 Å². The maximum Gasteiger partial charge on any atom is 0.426 e. The van der Waals surface area contributed by atoms with Gasteiger partial charge in [0.15, 0.2) is 23.8 Å². The number of carbonyl (C=O) groups excluding carboxylic acids is 3. The first-order valence-electron chi connectivity index (χ1n) is 11.6. The number of aryl methyl sites for hydroxylation is 1. The molecule has 8 heteroatoms. The molecule has 6 rings (SSSR count). The molecule has 1 amide bonds. The number of hydrogen-bond donors (Lipinski definition) is 1. The van der Waals surface area contributed by atoms with Crippen LogP contribution in [0.3, 0.4) is 0 Å². The molecule has 2 aromatic carbocycles. The second kappa shape index (κ2) is 8.46. The van der Waals surface area contributed by atoms with E-state index in [-0.39, 0.29) is 17.2 Å². The molecule has 1 aliphatic heterocycles. The van der Waals surface area contributed by atoms with Crippen LogP contribution in [0.2, 0.25) is 0 Å². The number of benzene rings is 2. The number of aromatic nitrogens is 3. The Bertz CT molecular complexity index is 1780. The Kier molecular flexibility index (Phi) is 5.08. The van der Waals surface area contributed by atoms with Crippen LogP contribution in [-0.2, 0) is 7.05 Å². The van der Waals surface area contributed by atoms with Crippen molar-refractivity contribution in [3.05, 3.63) is 120 Å². The minimum absolute atomic E-state index is 0.0425. The molecule has 8 nitrogen and oxygen atoms in total. The van der Waals surface area contributed by atoms with Crippen molar-refractivity contribution in [3.63, 3.8) is 0 Å². The van der Waals surface area contributed by atoms with Gasteiger partial charge in [-0.1, -0.05) is 24.3 Å². The van der Waals surface area contributed by atoms with Crippen LogP contribution in [0.25, 0.3) is 10.9 Å². The summed E-state index contributed by atoms with van der Waals surface area (Å²) >= 11 is 0. The largest absolute Gasteiger partial charge is 0.505 e. The number of para-hydroxylation sites is 2. The van der Waals surface area contributed by atoms with E-state index in [1.807, 2.05) is 7.05 Å². The topological polar surface area (TPSA) is 96.2 Å². The standard InChI is InChI=1S/C29H19N4O4/c1-31-16-12-19(13-17-31)29(37)33-23-9-5-3-7-21(23)27(35)25(33)24-26(34)20-6-2-4-8-22(20)32(24)28(36)18-10-14-30-15-11-18/h2-17H,1H3/q+1/p+1. The smallest absolute Gasteiger partial charge is 0.426 e. The summed E-state index contributed by atoms with van der Waals surface area (Å²) in [5.74, 6) is -1.65. The Morgan fingerprint density at radius 3 is 2.30 bits per heavy atom. The van der Waals surface area contributed by atoms with Gasteiger partial charge in [-0.3, -0.25) is 19.1 Å². The number of pyridine rings is 2. The van der Waals surface area contributed by atoms with E-state index in [1.165, 1.54) is 21.5 Å². The highest BCUT2D eigenvalue weighted by atomic mass is 16.3. The summed E-state index contributed by atoms with van der Waals surface area (Å²) in [6.07, 6.45) is 6.46. The van der Waals surface area contributed by atoms with Crippen molar-refractivity contribution in [1.82, 2.24) is 9.55 Å². The molecule has 0 unspecified atom stereocenters. The first-order chi connectivity index (χ1) is 18.0. The van der Waals surface area contributed by atoms with Gasteiger partial charge in [0.25, 0.3) is 17.4 Å². The van der Waals surface area contributed by atoms with Crippen LogP contribution in [0.5, 0.6) is 5.75 Å². The molecule has 3 aromatic heterocycles. The van der Waals surface area contributed by atoms with E-state index in [4.69, 9.17) is 0 Å². The number of amides is 1. The first kappa shape index (κ1) is 22.2. The monoisotopic (exact) mass is 488 g/mol. The average Bonchev–Trinajstić information content (AvgIpc) is 3.39. The number of carbonyl (C=O) groups is 3. The van der Waals surface area contributed by atoms with Gasteiger partial charge in [0, 0.05) is 41.5 Å². The summed E-state index contributed by atoms with van der Waals surface area (Å²) in [5.41, 5.74) is 1.63. The second-order valence-corrected chi connectivity index (χ2v) is 8.68. The van der Waals surface area contributed by atoms with Gasteiger partial charge in [-0.25, -0.2) is 9.36 Å². The van der Waals surface area contributed by atoms with Crippen LogP contribution in [0.15, 0.2) is 97.6 Å². The van der Waals surface area contributed by atoms with Crippen LogP contribution >= 0.6 is 0 Å². The molecule has 0 saturated carbocycles. The lowest BCUT2D eigenvalue weighted by Gasteiger charge is -2.08. The molecule has 4 heterocycles. The van der Waals surface area contributed by atoms with Crippen LogP contribution in [0.1, 0.15) is 36.8 Å². The van der Waals surface area contributed by atoms with Crippen molar-refractivity contribution in [2.45, 2.75) is 0 Å². The fourth-order valence-corrected chi connectivity index (χ4v) is 4.68. The van der Waals surface area contributed by atoms with E-state index < -0.39 is 17.6 Å². The Balaban J connectivity index is 1.70. The summed E-state index contributed by atoms with van der Waals surface area (Å²) in [7, 11) is 1.84. The van der Waals surface area contributed by atoms with E-state index in [0.29, 0.717) is 33.3 Å². The van der Waals surface area contributed by atoms with Crippen molar-refractivity contribution in [2.24, 2.45) is 7.05 Å². The van der Waals surface area contributed by atoms with Crippen molar-refractivity contribution in [3.8, 4) is 5.75 Å². The highest BCUT2D eigenvalue weighted by Gasteiger charge is 2.47. The number of aromatic hydroxyl groups is 1. The molecule has 0 atom stereocenters. The molecule has 1 aliphatic rings. The van der Waals surface area contributed by atoms with Crippen molar-refractivity contribution < 1.29 is 28.6 Å². The molecule has 0 fully saturated rings. The average molecular weight is 489 g/mol. The van der Waals surface area contributed by atoms with Crippen LogP contribution < -0.4 is 4.57 Å². The van der Waals surface area contributed by atoms with Crippen molar-refractivity contribution in [1.29, 1.82) is 0 Å². The minimum atomic E-state index is -0.468. The van der Waals surface area contributed by atoms with E-state index in [1.54, 1.807) is 89.8 Å². The lowest BCUT2D eigenvalue weighted by atomic mass is 10.1. The van der Waals surface area contributed by atoms with Gasteiger partial charge in [0.1, 0.15) is 18.2 Å². The normalized spacial score (nSPS) is 12.7. The summed E-state index contributed by atoms with van der Waals surface area (Å²) in [5, 5.41) is 11.8. The van der Waals surface area contributed by atoms with Gasteiger partial charge >= 0.3 is 5.91 Å². The maximum absolute atomic E-state index is 13.9. The Morgan fingerprint density at radius 1 is 0.865 bits per heavy atom. The molecule has 0 spiro atoms. The molecule has 37 heavy (non-hydrogen) atoms. The van der Waals surface area contributed by atoms with Gasteiger partial charge in [-0.15, -0.1) is 4.58 Å². The SMILES string of the molecule is C[n+]1ccc(C(=O)[N+]2=C(c3c(O)c4ccccc4n3C(=O)c3ccncc3)C(=O)c3ccccc32)cc1. The first-order valence-corrected chi connectivity index (χ1v) is 11.6. The van der Waals surface area contributed by atoms with Crippen LogP contribution in [-0.4, -0.2) is 42.5 Å². The summed E-state index contributed by atoms with van der Waals surface area (Å²) in [4.78, 5) is 45.5. The summed E-state index contributed by atoms with van der Waals surface area (Å²) in [6.45, 7) is 0. The van der Waals surface area contributed by atoms with Gasteiger partial charge in [0.05, 0.1) is 5.52 Å². The zero-order chi connectivity index (χ0) is 25.7. The summed E-state index contributed by atoms with van der Waals surface area (Å²) in [6, 6.07) is 20.0. The molecule has 0 radical (unpaired) electrons. The summed E-state index contributed by atoms with van der Waals surface area (Å²) < 4.78 is 4.38. The second-order valence-electron chi connectivity index (χ2n) is 8.68. The Morgan fingerprint density at radius 2 is 1.54 bits per heavy atom. The Labute approximate surface area is 211 Å². The predicted molar refractivity (Wildman–Crippen MR) is 134 cm³/mol. The zero-order valence-corrected chi connectivity index (χ0v) is 19.7. The van der Waals surface area contributed by atoms with E-state index >= 15 is 0 Å². The predicted octanol–water partition coefficient (Wildman–Crippen LogP) is 3.42. The molecule has 0 saturated heterocycles. The van der Waals surface area contributed by atoms with Gasteiger partial charge in [0.2, 0.25) is 5.69 Å². The number of ketones is 1. The van der Waals surface area contributed by atoms with Crippen LogP contribution in [0.4, 0.5) is 5.69 Å². The van der Waals surface area contributed by atoms with E-state index in [9.17, 15) is 19.5 Å². The number of nitrogens with zero attached hydrogens (tertiary/aromatic N) is 4. The van der Waals surface area contributed by atoms with Crippen LogP contribution in [0, 0.1) is 0 Å². The molecule has 0 bridgehead atoms. The third-order valence-electron chi connectivity index (χ3n) is 6.46. The number of fused-ring (bicyclic) bond motifs is 2. The fourth-order valence-electron chi connectivity index (χ4n) is 4.68. The van der Waals surface area contributed by atoms with Gasteiger partial charge in [-0.05, 0) is 30.3 Å².